The van der Waals surface area contributed by atoms with Crippen LogP contribution in [-0.2, 0) is 20.4 Å². The molecule has 0 saturated carbocycles. The molecule has 0 aliphatic rings. The maximum absolute atomic E-state index is 12.2. The molecular formula is C13H17N3O4S. The molecule has 1 aromatic carbocycles. The van der Waals surface area contributed by atoms with Crippen molar-refractivity contribution in [3.63, 3.8) is 0 Å². The summed E-state index contributed by atoms with van der Waals surface area (Å²) in [5.41, 5.74) is 1.17. The maximum Gasteiger partial charge on any atom is 0.323 e. The molecule has 0 heterocycles. The quantitative estimate of drug-likeness (QED) is 0.370. The minimum absolute atomic E-state index is 0.0197. The fourth-order valence-electron chi connectivity index (χ4n) is 1.52. The van der Waals surface area contributed by atoms with Crippen molar-refractivity contribution in [2.45, 2.75) is 6.61 Å². The highest BCUT2D eigenvalue weighted by Gasteiger charge is 2.21. The molecule has 1 N–H and O–H groups in total. The fraction of sp³-hybridized carbons (Fsp3) is 0.308. The first-order chi connectivity index (χ1) is 10.0. The van der Waals surface area contributed by atoms with Crippen molar-refractivity contribution < 1.29 is 18.6 Å². The summed E-state index contributed by atoms with van der Waals surface area (Å²) in [7, 11) is 4.37. The van der Waals surface area contributed by atoms with Crippen LogP contribution in [0.3, 0.4) is 0 Å². The summed E-state index contributed by atoms with van der Waals surface area (Å²) >= 11 is 3.70. The lowest BCUT2D eigenvalue weighted by molar-refractivity contribution is -0.114. The Kier molecular flexibility index (Phi) is 6.70. The van der Waals surface area contributed by atoms with Gasteiger partial charge in [0.05, 0.1) is 6.61 Å². The number of rotatable bonds is 5. The topological polar surface area (TPSA) is 80.2 Å². The molecule has 21 heavy (non-hydrogen) atoms. The van der Waals surface area contributed by atoms with Crippen molar-refractivity contribution in [3.8, 4) is 0 Å². The molecule has 1 aromatic rings. The summed E-state index contributed by atoms with van der Waals surface area (Å²) in [5, 5.41) is 5.91. The summed E-state index contributed by atoms with van der Waals surface area (Å²) in [6.45, 7) is 0.178. The van der Waals surface area contributed by atoms with Crippen molar-refractivity contribution in [2.75, 3.05) is 21.2 Å². The summed E-state index contributed by atoms with van der Waals surface area (Å²) in [6, 6.07) is 6.42. The second-order valence-corrected chi connectivity index (χ2v) is 4.46. The number of carbonyl (C=O) groups excluding carboxylic acids is 2. The molecule has 3 amide bonds. The number of urea groups is 1. The van der Waals surface area contributed by atoms with E-state index in [2.05, 4.69) is 23.4 Å². The lowest BCUT2D eigenvalue weighted by atomic mass is 10.0. The summed E-state index contributed by atoms with van der Waals surface area (Å²) in [4.78, 5) is 29.7. The molecule has 0 unspecified atom stereocenters. The predicted octanol–water partition coefficient (Wildman–Crippen LogP) is 1.20. The van der Waals surface area contributed by atoms with Crippen LogP contribution in [-0.4, -0.2) is 43.8 Å². The molecule has 8 heteroatoms. The third-order valence-electron chi connectivity index (χ3n) is 2.52. The molecule has 1 rings (SSSR count). The van der Waals surface area contributed by atoms with Crippen LogP contribution in [0.1, 0.15) is 11.1 Å². The van der Waals surface area contributed by atoms with Crippen molar-refractivity contribution >= 4 is 30.6 Å². The molecule has 0 atom stereocenters. The van der Waals surface area contributed by atoms with Crippen LogP contribution in [0.4, 0.5) is 4.79 Å². The zero-order chi connectivity index (χ0) is 15.8. The summed E-state index contributed by atoms with van der Waals surface area (Å²) in [5.74, 6) is -0.665. The van der Waals surface area contributed by atoms with Crippen LogP contribution in [0.5, 0.6) is 0 Å². The zero-order valence-electron chi connectivity index (χ0n) is 12.0. The van der Waals surface area contributed by atoms with E-state index in [9.17, 15) is 9.59 Å². The maximum atomic E-state index is 12.2. The number of benzene rings is 1. The standard InChI is InChI=1S/C13H17N3O4S/c1-16(2)13(18)14-12(17)11(15-19-3)10-7-5-4-6-9(10)8-20-21/h4-7,21H,8H2,1-3H3,(H,14,17,18)/b15-11+. The molecule has 114 valence electrons. The van der Waals surface area contributed by atoms with Crippen molar-refractivity contribution in [3.05, 3.63) is 35.4 Å². The van der Waals surface area contributed by atoms with Crippen LogP contribution in [0.15, 0.2) is 29.4 Å². The number of hydrogen-bond donors (Lipinski definition) is 2. The first-order valence-corrected chi connectivity index (χ1v) is 6.36. The van der Waals surface area contributed by atoms with E-state index in [1.807, 2.05) is 0 Å². The SMILES string of the molecule is CO/N=C(/C(=O)NC(=O)N(C)C)c1ccccc1COS. The zero-order valence-corrected chi connectivity index (χ0v) is 12.9. The van der Waals surface area contributed by atoms with Crippen molar-refractivity contribution in [2.24, 2.45) is 5.16 Å². The summed E-state index contributed by atoms with van der Waals surface area (Å²) in [6.07, 6.45) is 0. The Hall–Kier alpha value is -2.06. The molecule has 0 aliphatic carbocycles. The Morgan fingerprint density at radius 3 is 2.57 bits per heavy atom. The van der Waals surface area contributed by atoms with E-state index in [0.29, 0.717) is 11.1 Å². The van der Waals surface area contributed by atoms with Gasteiger partial charge in [0.15, 0.2) is 5.71 Å². The highest BCUT2D eigenvalue weighted by Crippen LogP contribution is 2.13. The third-order valence-corrected chi connectivity index (χ3v) is 2.65. The van der Waals surface area contributed by atoms with Gasteiger partial charge in [-0.15, -0.1) is 0 Å². The largest absolute Gasteiger partial charge is 0.398 e. The average Bonchev–Trinajstić information content (AvgIpc) is 2.45. The van der Waals surface area contributed by atoms with Crippen LogP contribution in [0.25, 0.3) is 0 Å². The van der Waals surface area contributed by atoms with Crippen molar-refractivity contribution in [1.29, 1.82) is 0 Å². The number of nitrogens with one attached hydrogen (secondary N) is 1. The van der Waals surface area contributed by atoms with Gasteiger partial charge in [0.2, 0.25) is 0 Å². The minimum Gasteiger partial charge on any atom is -0.398 e. The Bertz CT molecular complexity index is 546. The number of amides is 3. The molecular weight excluding hydrogens is 294 g/mol. The Labute approximate surface area is 128 Å². The molecule has 0 spiro atoms. The van der Waals surface area contributed by atoms with Crippen LogP contribution in [0, 0.1) is 0 Å². The van der Waals surface area contributed by atoms with Crippen LogP contribution in [0.2, 0.25) is 0 Å². The van der Waals surface area contributed by atoms with Crippen LogP contribution >= 0.6 is 12.9 Å². The average molecular weight is 311 g/mol. The predicted molar refractivity (Wildman–Crippen MR) is 81.0 cm³/mol. The van der Waals surface area contributed by atoms with Crippen LogP contribution < -0.4 is 5.32 Å². The molecule has 0 bridgehead atoms. The van der Waals surface area contributed by atoms with Gasteiger partial charge in [-0.25, -0.2) is 4.79 Å². The number of carbonyl (C=O) groups is 2. The van der Waals surface area contributed by atoms with E-state index in [1.165, 1.54) is 26.1 Å². The smallest absolute Gasteiger partial charge is 0.323 e. The monoisotopic (exact) mass is 311 g/mol. The second-order valence-electron chi connectivity index (χ2n) is 4.21. The number of oxime groups is 1. The van der Waals surface area contributed by atoms with Gasteiger partial charge < -0.3 is 13.9 Å². The van der Waals surface area contributed by atoms with Gasteiger partial charge in [-0.05, 0) is 18.5 Å². The lowest BCUT2D eigenvalue weighted by Gasteiger charge is -2.13. The first kappa shape index (κ1) is 17.0. The number of thiol groups is 1. The minimum atomic E-state index is -0.665. The molecule has 0 aromatic heterocycles. The first-order valence-electron chi connectivity index (χ1n) is 5.99. The van der Waals surface area contributed by atoms with Gasteiger partial charge in [0.1, 0.15) is 7.11 Å². The van der Waals surface area contributed by atoms with Crippen molar-refractivity contribution in [1.82, 2.24) is 10.2 Å². The van der Waals surface area contributed by atoms with E-state index >= 15 is 0 Å². The Morgan fingerprint density at radius 2 is 2.00 bits per heavy atom. The molecule has 0 radical (unpaired) electrons. The molecule has 0 saturated heterocycles. The van der Waals surface area contributed by atoms with E-state index in [1.54, 1.807) is 24.3 Å². The molecule has 0 fully saturated rings. The summed E-state index contributed by atoms with van der Waals surface area (Å²) < 4.78 is 4.79. The van der Waals surface area contributed by atoms with Gasteiger partial charge in [-0.3, -0.25) is 10.1 Å². The Balaban J connectivity index is 3.11. The number of hydrogen-bond acceptors (Lipinski definition) is 6. The van der Waals surface area contributed by atoms with E-state index in [-0.39, 0.29) is 12.3 Å². The number of imide groups is 1. The Morgan fingerprint density at radius 1 is 1.33 bits per heavy atom. The van der Waals surface area contributed by atoms with E-state index in [0.717, 1.165) is 0 Å². The normalized spacial score (nSPS) is 11.0. The van der Waals surface area contributed by atoms with Gasteiger partial charge in [0.25, 0.3) is 5.91 Å². The van der Waals surface area contributed by atoms with E-state index < -0.39 is 11.9 Å². The van der Waals surface area contributed by atoms with Gasteiger partial charge >= 0.3 is 6.03 Å². The fourth-order valence-corrected chi connectivity index (χ4v) is 1.66. The van der Waals surface area contributed by atoms with Gasteiger partial charge in [-0.1, -0.05) is 29.4 Å². The lowest BCUT2D eigenvalue weighted by Crippen LogP contribution is -2.42. The van der Waals surface area contributed by atoms with E-state index in [4.69, 9.17) is 9.02 Å². The van der Waals surface area contributed by atoms with Gasteiger partial charge in [0, 0.05) is 19.7 Å². The molecule has 7 nitrogen and oxygen atoms in total. The highest BCUT2D eigenvalue weighted by molar-refractivity contribution is 7.75. The molecule has 0 aliphatic heterocycles. The second kappa shape index (κ2) is 8.28. The third kappa shape index (κ3) is 4.76. The van der Waals surface area contributed by atoms with Gasteiger partial charge in [-0.2, -0.15) is 0 Å². The number of nitrogens with zero attached hydrogens (tertiary/aromatic N) is 2. The highest BCUT2D eigenvalue weighted by atomic mass is 32.1.